The summed E-state index contributed by atoms with van der Waals surface area (Å²) in [5, 5.41) is 3.00. The summed E-state index contributed by atoms with van der Waals surface area (Å²) < 4.78 is 11.3. The Morgan fingerprint density at radius 2 is 1.53 bits per heavy atom. The van der Waals surface area contributed by atoms with Gasteiger partial charge < -0.3 is 19.7 Å². The molecule has 0 aliphatic heterocycles. The average Bonchev–Trinajstić information content (AvgIpc) is 2.78. The van der Waals surface area contributed by atoms with Gasteiger partial charge in [0.15, 0.2) is 6.61 Å². The van der Waals surface area contributed by atoms with E-state index in [0.717, 1.165) is 22.4 Å². The molecule has 156 valence electrons. The van der Waals surface area contributed by atoms with Crippen LogP contribution in [-0.2, 0) is 4.79 Å². The minimum absolute atomic E-state index is 0.0365. The van der Waals surface area contributed by atoms with Gasteiger partial charge in [0.25, 0.3) is 5.91 Å². The van der Waals surface area contributed by atoms with Crippen molar-refractivity contribution >= 4 is 5.91 Å². The first-order valence-electron chi connectivity index (χ1n) is 10.1. The van der Waals surface area contributed by atoms with Crippen LogP contribution in [-0.4, -0.2) is 40.3 Å². The zero-order valence-electron chi connectivity index (χ0n) is 17.7. The van der Waals surface area contributed by atoms with Crippen LogP contribution in [0.3, 0.4) is 0 Å². The summed E-state index contributed by atoms with van der Waals surface area (Å²) >= 11 is 0. The second-order valence-electron chi connectivity index (χ2n) is 7.33. The first-order chi connectivity index (χ1) is 14.6. The molecule has 0 fully saturated rings. The number of rotatable bonds is 9. The smallest absolute Gasteiger partial charge is 0.258 e. The summed E-state index contributed by atoms with van der Waals surface area (Å²) in [6.07, 6.45) is 0. The van der Waals surface area contributed by atoms with Crippen molar-refractivity contribution in [2.45, 2.75) is 6.04 Å². The number of amides is 1. The molecule has 0 saturated heterocycles. The number of carbonyl (C=O) groups is 1. The molecule has 0 spiro atoms. The molecular formula is C25H29N2O3+. The molecule has 0 aliphatic carbocycles. The van der Waals surface area contributed by atoms with Crippen molar-refractivity contribution < 1.29 is 19.2 Å². The zero-order valence-corrected chi connectivity index (χ0v) is 17.7. The molecule has 5 heteroatoms. The van der Waals surface area contributed by atoms with Crippen molar-refractivity contribution in [1.29, 1.82) is 0 Å². The molecule has 0 bridgehead atoms. The molecule has 0 heterocycles. The highest BCUT2D eigenvalue weighted by atomic mass is 16.5. The maximum atomic E-state index is 12.5. The van der Waals surface area contributed by atoms with Gasteiger partial charge in [-0.2, -0.15) is 0 Å². The highest BCUT2D eigenvalue weighted by molar-refractivity contribution is 5.78. The standard InChI is InChI=1S/C25H28N2O3/c1-27(2)22(21-14-8-9-15-23(21)29-3)17-26-25(28)18-30-24-16-10-7-13-20(24)19-11-5-4-6-12-19/h4-16,22H,17-18H2,1-3H3,(H,26,28)/p+1/t22-/m1/s1. The van der Waals surface area contributed by atoms with Crippen LogP contribution in [0.25, 0.3) is 11.1 Å². The topological polar surface area (TPSA) is 52.0 Å². The number of quaternary nitrogens is 1. The molecule has 3 aromatic rings. The SMILES string of the molecule is COc1ccccc1[C@@H](CNC(=O)COc1ccccc1-c1ccccc1)[NH+](C)C. The summed E-state index contributed by atoms with van der Waals surface area (Å²) in [4.78, 5) is 13.7. The monoisotopic (exact) mass is 405 g/mol. The number of carbonyl (C=O) groups excluding carboxylic acids is 1. The van der Waals surface area contributed by atoms with Crippen LogP contribution in [0, 0.1) is 0 Å². The third-order valence-corrected chi connectivity index (χ3v) is 5.05. The van der Waals surface area contributed by atoms with E-state index in [9.17, 15) is 4.79 Å². The molecule has 1 atom stereocenters. The molecule has 3 aromatic carbocycles. The van der Waals surface area contributed by atoms with Gasteiger partial charge in [-0.15, -0.1) is 0 Å². The number of hydrogen-bond donors (Lipinski definition) is 2. The Hall–Kier alpha value is -3.31. The minimum atomic E-state index is -0.154. The van der Waals surface area contributed by atoms with Crippen LogP contribution in [0.5, 0.6) is 11.5 Å². The molecule has 0 aliphatic rings. The Bertz CT molecular complexity index is 957. The van der Waals surface area contributed by atoms with Crippen molar-refractivity contribution in [2.24, 2.45) is 0 Å². The lowest BCUT2D eigenvalue weighted by atomic mass is 10.0. The van der Waals surface area contributed by atoms with Gasteiger partial charge in [-0.05, 0) is 23.8 Å². The van der Waals surface area contributed by atoms with E-state index in [4.69, 9.17) is 9.47 Å². The summed E-state index contributed by atoms with van der Waals surface area (Å²) in [5.74, 6) is 1.36. The van der Waals surface area contributed by atoms with Crippen LogP contribution in [0.4, 0.5) is 0 Å². The third-order valence-electron chi connectivity index (χ3n) is 5.05. The molecule has 2 N–H and O–H groups in total. The van der Waals surface area contributed by atoms with E-state index in [1.54, 1.807) is 7.11 Å². The van der Waals surface area contributed by atoms with E-state index >= 15 is 0 Å². The van der Waals surface area contributed by atoms with E-state index in [2.05, 4.69) is 19.4 Å². The van der Waals surface area contributed by atoms with Crippen molar-refractivity contribution in [3.8, 4) is 22.6 Å². The molecule has 0 radical (unpaired) electrons. The Balaban J connectivity index is 1.63. The molecule has 5 nitrogen and oxygen atoms in total. The van der Waals surface area contributed by atoms with E-state index in [-0.39, 0.29) is 18.6 Å². The molecule has 30 heavy (non-hydrogen) atoms. The number of methoxy groups -OCH3 is 1. The van der Waals surface area contributed by atoms with Crippen LogP contribution in [0.1, 0.15) is 11.6 Å². The van der Waals surface area contributed by atoms with Gasteiger partial charge in [-0.25, -0.2) is 0 Å². The number of benzene rings is 3. The molecular weight excluding hydrogens is 376 g/mol. The van der Waals surface area contributed by atoms with Crippen LogP contribution in [0.15, 0.2) is 78.9 Å². The third kappa shape index (κ3) is 5.39. The summed E-state index contributed by atoms with van der Waals surface area (Å²) in [7, 11) is 5.79. The molecule has 0 unspecified atom stereocenters. The normalized spacial score (nSPS) is 11.7. The predicted molar refractivity (Wildman–Crippen MR) is 119 cm³/mol. The lowest BCUT2D eigenvalue weighted by Gasteiger charge is -2.23. The first-order valence-corrected chi connectivity index (χ1v) is 10.1. The highest BCUT2D eigenvalue weighted by Gasteiger charge is 2.22. The highest BCUT2D eigenvalue weighted by Crippen LogP contribution is 2.29. The zero-order chi connectivity index (χ0) is 21.3. The summed E-state index contributed by atoms with van der Waals surface area (Å²) in [6, 6.07) is 25.7. The van der Waals surface area contributed by atoms with Crippen LogP contribution < -0.4 is 19.7 Å². The van der Waals surface area contributed by atoms with E-state index in [1.807, 2.05) is 78.9 Å². The van der Waals surface area contributed by atoms with E-state index in [1.165, 1.54) is 4.90 Å². The van der Waals surface area contributed by atoms with Gasteiger partial charge >= 0.3 is 0 Å². The minimum Gasteiger partial charge on any atom is -0.496 e. The van der Waals surface area contributed by atoms with Crippen molar-refractivity contribution in [2.75, 3.05) is 34.4 Å². The number of nitrogens with one attached hydrogen (secondary N) is 2. The lowest BCUT2D eigenvalue weighted by Crippen LogP contribution is -3.07. The molecule has 0 aromatic heterocycles. The van der Waals surface area contributed by atoms with Crippen molar-refractivity contribution in [3.05, 3.63) is 84.4 Å². The number of hydrogen-bond acceptors (Lipinski definition) is 3. The average molecular weight is 406 g/mol. The predicted octanol–water partition coefficient (Wildman–Crippen LogP) is 2.74. The Labute approximate surface area is 178 Å². The van der Waals surface area contributed by atoms with E-state index < -0.39 is 0 Å². The quantitative estimate of drug-likeness (QED) is 0.576. The van der Waals surface area contributed by atoms with Gasteiger partial charge in [-0.1, -0.05) is 60.7 Å². The fraction of sp³-hybridized carbons (Fsp3) is 0.240. The van der Waals surface area contributed by atoms with Gasteiger partial charge in [0.2, 0.25) is 0 Å². The second kappa shape index (κ2) is 10.5. The van der Waals surface area contributed by atoms with Crippen LogP contribution >= 0.6 is 0 Å². The maximum Gasteiger partial charge on any atom is 0.258 e. The molecule has 1 amide bonds. The summed E-state index contributed by atoms with van der Waals surface area (Å²) in [6.45, 7) is 0.455. The number of ether oxygens (including phenoxy) is 2. The lowest BCUT2D eigenvalue weighted by molar-refractivity contribution is -0.890. The van der Waals surface area contributed by atoms with Crippen molar-refractivity contribution in [3.63, 3.8) is 0 Å². The largest absolute Gasteiger partial charge is 0.496 e. The van der Waals surface area contributed by atoms with Gasteiger partial charge in [-0.3, -0.25) is 4.79 Å². The first kappa shape index (κ1) is 21.4. The van der Waals surface area contributed by atoms with Crippen molar-refractivity contribution in [1.82, 2.24) is 5.32 Å². The number of likely N-dealkylation sites (N-methyl/N-ethyl adjacent to an activating group) is 1. The Kier molecular flexibility index (Phi) is 7.46. The van der Waals surface area contributed by atoms with Gasteiger partial charge in [0, 0.05) is 5.56 Å². The second-order valence-corrected chi connectivity index (χ2v) is 7.33. The van der Waals surface area contributed by atoms with Crippen LogP contribution in [0.2, 0.25) is 0 Å². The maximum absolute atomic E-state index is 12.5. The summed E-state index contributed by atoms with van der Waals surface area (Å²) in [5.41, 5.74) is 3.09. The number of para-hydroxylation sites is 2. The fourth-order valence-electron chi connectivity index (χ4n) is 3.44. The van der Waals surface area contributed by atoms with Gasteiger partial charge in [0.05, 0.1) is 33.3 Å². The van der Waals surface area contributed by atoms with Gasteiger partial charge in [0.1, 0.15) is 17.5 Å². The molecule has 0 saturated carbocycles. The Morgan fingerprint density at radius 1 is 0.900 bits per heavy atom. The Morgan fingerprint density at radius 3 is 2.23 bits per heavy atom. The molecule has 3 rings (SSSR count). The fourth-order valence-corrected chi connectivity index (χ4v) is 3.44. The van der Waals surface area contributed by atoms with E-state index in [0.29, 0.717) is 12.3 Å².